The van der Waals surface area contributed by atoms with Crippen molar-refractivity contribution < 1.29 is 61.4 Å². The fourth-order valence-electron chi connectivity index (χ4n) is 11.1. The van der Waals surface area contributed by atoms with E-state index in [4.69, 9.17) is 10.5 Å². The van der Waals surface area contributed by atoms with Crippen molar-refractivity contribution in [1.82, 2.24) is 45.4 Å². The Bertz CT molecular complexity index is 3070. The van der Waals surface area contributed by atoms with Crippen LogP contribution in [-0.4, -0.2) is 145 Å². The summed E-state index contributed by atoms with van der Waals surface area (Å²) in [7, 11) is -3.93. The molecule has 4 aromatic rings. The minimum atomic E-state index is -5.84. The zero-order valence-electron chi connectivity index (χ0n) is 45.3. The third kappa shape index (κ3) is 15.3. The van der Waals surface area contributed by atoms with Crippen LogP contribution >= 0.6 is 7.60 Å². The number of benzene rings is 2. The van der Waals surface area contributed by atoms with E-state index in [1.54, 1.807) is 12.1 Å². The lowest BCUT2D eigenvalue weighted by atomic mass is 10.0. The molecular weight excluding hydrogens is 1070 g/mol. The van der Waals surface area contributed by atoms with E-state index in [2.05, 4.69) is 43.0 Å². The maximum Gasteiger partial charge on any atom is 0.399 e. The van der Waals surface area contributed by atoms with Gasteiger partial charge in [0.1, 0.15) is 23.4 Å². The number of imide groups is 1. The maximum atomic E-state index is 14.5. The van der Waals surface area contributed by atoms with Crippen LogP contribution in [0.3, 0.4) is 0 Å². The number of unbranched alkanes of at least 4 members (excludes halogenated alkanes) is 7. The number of hydrogen-bond acceptors (Lipinski definition) is 12. The molecule has 6 heterocycles. The molecule has 21 nitrogen and oxygen atoms in total. The number of rotatable bonds is 24. The SMILES string of the molecule is CN1CC[C@H]2CC[C@@H](C(=O)N[C@@H](CCC(N)=O)C(=O)N[C@@H](COCCCCCCCCCC#Cc3cccc4c3CN(C3CCC(=O)NC3=O)C4=O)c3ccccc3)N2C[C@@H](NC(=O)c2cn3cc(C(F)(F)P(=O)(O)O)ccc3n2)C1. The Hall–Kier alpha value is -6.93. The first-order valence-electron chi connectivity index (χ1n) is 27.7. The highest BCUT2D eigenvalue weighted by atomic mass is 31.2. The van der Waals surface area contributed by atoms with E-state index in [1.165, 1.54) is 11.1 Å². The van der Waals surface area contributed by atoms with Gasteiger partial charge >= 0.3 is 13.3 Å². The van der Waals surface area contributed by atoms with Gasteiger partial charge in [-0.15, -0.1) is 0 Å². The molecule has 0 spiro atoms. The number of aromatic nitrogens is 2. The molecule has 4 aliphatic heterocycles. The lowest BCUT2D eigenvalue weighted by molar-refractivity contribution is -0.137. The molecule has 0 aliphatic carbocycles. The van der Waals surface area contributed by atoms with Crippen LogP contribution in [0.25, 0.3) is 5.65 Å². The van der Waals surface area contributed by atoms with Gasteiger partial charge in [-0.1, -0.05) is 80.3 Å². The van der Waals surface area contributed by atoms with E-state index in [0.717, 1.165) is 90.8 Å². The molecule has 24 heteroatoms. The standard InChI is InChI=1S/C57H71F2N10O11P/c1-66-29-28-41-21-23-47(68(41)33-40(32-66)61-53(73)45-35-67-31-39(20-26-50(67)62-45)57(58,59)81(77,78)79)54(74)63-44(22-25-49(60)70)52(72)64-46(38-16-11-9-12-17-38)36-80-30-13-8-6-4-2-3-5-7-10-15-37-18-14-19-42-43(37)34-69(56(42)76)48-24-27-51(71)65-55(48)75/h9,11-12,14,16-20,26,31,35,40-41,44,46-48H,2-8,13,21-25,27-30,32-34,36H2,1H3,(H2,60,70)(H,61,73)(H,63,74)(H,64,72)(H,65,71,75)(H2,77,78,79)/t40-,41+,44-,46-,47-,48?/m0/s1. The molecule has 1 unspecified atom stereocenters. The van der Waals surface area contributed by atoms with Crippen molar-refractivity contribution in [3.63, 3.8) is 0 Å². The number of nitrogens with zero attached hydrogens (tertiary/aromatic N) is 5. The van der Waals surface area contributed by atoms with E-state index in [-0.39, 0.29) is 68.2 Å². The van der Waals surface area contributed by atoms with Crippen molar-refractivity contribution in [3.05, 3.63) is 107 Å². The van der Waals surface area contributed by atoms with Crippen molar-refractivity contribution in [3.8, 4) is 11.8 Å². The average Bonchev–Trinajstić information content (AvgIpc) is 4.25. The zero-order chi connectivity index (χ0) is 57.8. The summed E-state index contributed by atoms with van der Waals surface area (Å²) in [5.74, 6) is 3.32. The number of likely N-dealkylation sites (N-methyl/N-ethyl adjacent to an activating group) is 1. The predicted molar refractivity (Wildman–Crippen MR) is 293 cm³/mol. The number of amides is 7. The molecule has 81 heavy (non-hydrogen) atoms. The van der Waals surface area contributed by atoms with E-state index < -0.39 is 78.6 Å². The van der Waals surface area contributed by atoms with Gasteiger partial charge in [-0.25, -0.2) is 4.98 Å². The smallest absolute Gasteiger partial charge is 0.379 e. The number of nitrogens with two attached hydrogens (primary N) is 1. The van der Waals surface area contributed by atoms with E-state index >= 15 is 0 Å². The molecule has 0 saturated carbocycles. The number of imidazole rings is 1. The van der Waals surface area contributed by atoms with Gasteiger partial charge < -0.3 is 50.4 Å². The molecule has 2 aromatic carbocycles. The van der Waals surface area contributed by atoms with Gasteiger partial charge in [0.2, 0.25) is 29.5 Å². The Kier molecular flexibility index (Phi) is 20.2. The number of primary amides is 1. The molecule has 2 aromatic heterocycles. The van der Waals surface area contributed by atoms with Crippen molar-refractivity contribution in [2.45, 2.75) is 145 Å². The summed E-state index contributed by atoms with van der Waals surface area (Å²) >= 11 is 0. The van der Waals surface area contributed by atoms with E-state index in [9.17, 15) is 56.7 Å². The Morgan fingerprint density at radius 3 is 2.41 bits per heavy atom. The molecule has 8 N–H and O–H groups in total. The third-order valence-electron chi connectivity index (χ3n) is 15.5. The first-order valence-corrected chi connectivity index (χ1v) is 29.3. The highest BCUT2D eigenvalue weighted by Crippen LogP contribution is 2.59. The summed E-state index contributed by atoms with van der Waals surface area (Å²) < 4.78 is 47.7. The van der Waals surface area contributed by atoms with Crippen LogP contribution in [0.2, 0.25) is 0 Å². The summed E-state index contributed by atoms with van der Waals surface area (Å²) in [4.78, 5) is 120. The largest absolute Gasteiger partial charge is 0.399 e. The first-order chi connectivity index (χ1) is 38.8. The summed E-state index contributed by atoms with van der Waals surface area (Å²) in [6.45, 7) is 2.21. The second-order valence-electron chi connectivity index (χ2n) is 21.4. The van der Waals surface area contributed by atoms with Gasteiger partial charge in [0, 0.05) is 75.1 Å². The average molecular weight is 1140 g/mol. The van der Waals surface area contributed by atoms with Gasteiger partial charge in [-0.3, -0.25) is 48.3 Å². The lowest BCUT2D eigenvalue weighted by Crippen LogP contribution is -2.58. The molecule has 6 atom stereocenters. The van der Waals surface area contributed by atoms with Crippen LogP contribution in [0, 0.1) is 11.8 Å². The van der Waals surface area contributed by atoms with E-state index in [0.29, 0.717) is 50.9 Å². The lowest BCUT2D eigenvalue weighted by Gasteiger charge is -2.38. The highest BCUT2D eigenvalue weighted by molar-refractivity contribution is 7.52. The molecule has 0 radical (unpaired) electrons. The van der Waals surface area contributed by atoms with Crippen LogP contribution in [0.15, 0.2) is 73.1 Å². The number of ether oxygens (including phenoxy) is 1. The van der Waals surface area contributed by atoms with Crippen molar-refractivity contribution >= 4 is 54.6 Å². The number of alkyl halides is 2. The third-order valence-corrected chi connectivity index (χ3v) is 16.5. The quantitative estimate of drug-likeness (QED) is 0.0222. The summed E-state index contributed by atoms with van der Waals surface area (Å²) in [6.07, 6.45) is 11.8. The van der Waals surface area contributed by atoms with Gasteiger partial charge in [0.05, 0.1) is 30.3 Å². The fourth-order valence-corrected chi connectivity index (χ4v) is 11.6. The van der Waals surface area contributed by atoms with Gasteiger partial charge in [0.15, 0.2) is 0 Å². The number of nitrogens with one attached hydrogen (secondary N) is 4. The van der Waals surface area contributed by atoms with Crippen LogP contribution < -0.4 is 27.0 Å². The van der Waals surface area contributed by atoms with Crippen LogP contribution in [-0.2, 0) is 45.5 Å². The van der Waals surface area contributed by atoms with Crippen LogP contribution in [0.4, 0.5) is 8.78 Å². The van der Waals surface area contributed by atoms with Gasteiger partial charge in [-0.05, 0) is 93.9 Å². The predicted octanol–water partition coefficient (Wildman–Crippen LogP) is 4.39. The Labute approximate surface area is 468 Å². The number of halogens is 2. The normalized spacial score (nSPS) is 20.5. The topological polar surface area (TPSA) is 287 Å². The van der Waals surface area contributed by atoms with Crippen molar-refractivity contribution in [2.75, 3.05) is 39.9 Å². The molecule has 7 amide bonds. The molecular formula is C57H71F2N10O11P. The summed E-state index contributed by atoms with van der Waals surface area (Å²) in [5.41, 5.74) is 3.05. The van der Waals surface area contributed by atoms with Gasteiger partial charge in [-0.2, -0.15) is 8.78 Å². The number of pyridine rings is 1. The van der Waals surface area contributed by atoms with Gasteiger partial charge in [0.25, 0.3) is 11.8 Å². The van der Waals surface area contributed by atoms with Crippen molar-refractivity contribution in [2.24, 2.45) is 5.73 Å². The highest BCUT2D eigenvalue weighted by Gasteiger charge is 2.51. The van der Waals surface area contributed by atoms with Crippen LogP contribution in [0.5, 0.6) is 0 Å². The summed E-state index contributed by atoms with van der Waals surface area (Å²) in [6, 6.07) is 13.1. The minimum Gasteiger partial charge on any atom is -0.379 e. The Morgan fingerprint density at radius 2 is 1.67 bits per heavy atom. The van der Waals surface area contributed by atoms with Crippen LogP contribution in [0.1, 0.15) is 145 Å². The number of carbonyl (C=O) groups excluding carboxylic acids is 7. The fraction of sp³-hybridized carbons (Fsp3) is 0.509. The molecule has 4 aliphatic rings. The molecule has 0 bridgehead atoms. The summed E-state index contributed by atoms with van der Waals surface area (Å²) in [5, 5.41) is 11.3. The Morgan fingerprint density at radius 1 is 0.914 bits per heavy atom. The number of piperidine rings is 1. The molecule has 434 valence electrons. The number of carbonyl (C=O) groups is 7. The second kappa shape index (κ2) is 27.2. The first kappa shape index (κ1) is 60.2. The number of hydrogen-bond donors (Lipinski definition) is 7. The second-order valence-corrected chi connectivity index (χ2v) is 23.1. The molecule has 3 fully saturated rings. The van der Waals surface area contributed by atoms with E-state index in [1.807, 2.05) is 48.3 Å². The molecule has 3 saturated heterocycles. The molecule has 8 rings (SSSR count). The monoisotopic (exact) mass is 1140 g/mol. The zero-order valence-corrected chi connectivity index (χ0v) is 46.2. The minimum absolute atomic E-state index is 0.0372. The number of fused-ring (bicyclic) bond motifs is 3. The Balaban J connectivity index is 0.788. The maximum absolute atomic E-state index is 14.5. The van der Waals surface area contributed by atoms with Crippen molar-refractivity contribution in [1.29, 1.82) is 0 Å².